The molecule has 9 heteroatoms. The third-order valence-corrected chi connectivity index (χ3v) is 5.24. The Morgan fingerprint density at radius 2 is 2.28 bits per heavy atom. The first-order valence-corrected chi connectivity index (χ1v) is 7.38. The summed E-state index contributed by atoms with van der Waals surface area (Å²) in [6.07, 6.45) is 3.35. The normalized spacial score (nSPS) is 11.9. The second-order valence-electron chi connectivity index (χ2n) is 3.77. The van der Waals surface area contributed by atoms with Crippen LogP contribution in [0.3, 0.4) is 0 Å². The van der Waals surface area contributed by atoms with Crippen molar-refractivity contribution in [3.8, 4) is 0 Å². The van der Waals surface area contributed by atoms with E-state index in [-0.39, 0.29) is 15.9 Å². The summed E-state index contributed by atoms with van der Waals surface area (Å²) in [5.74, 6) is 0. The van der Waals surface area contributed by atoms with Crippen LogP contribution in [-0.2, 0) is 23.6 Å². The molecule has 2 aromatic rings. The highest BCUT2D eigenvalue weighted by atomic mass is 32.2. The van der Waals surface area contributed by atoms with Gasteiger partial charge < -0.3 is 5.73 Å². The Kier molecular flexibility index (Phi) is 3.37. The Labute approximate surface area is 109 Å². The van der Waals surface area contributed by atoms with E-state index >= 15 is 0 Å². The maximum absolute atomic E-state index is 12.0. The monoisotopic (exact) mass is 287 g/mol. The zero-order valence-corrected chi connectivity index (χ0v) is 11.5. The lowest BCUT2D eigenvalue weighted by Gasteiger charge is -2.03. The van der Waals surface area contributed by atoms with E-state index in [4.69, 9.17) is 5.73 Å². The molecule has 2 rings (SSSR count). The van der Waals surface area contributed by atoms with Gasteiger partial charge >= 0.3 is 0 Å². The van der Waals surface area contributed by atoms with E-state index in [9.17, 15) is 8.42 Å². The first-order chi connectivity index (χ1) is 8.38. The number of aryl methyl sites for hydroxylation is 2. The minimum absolute atomic E-state index is 0.156. The predicted octanol–water partition coefficient (Wildman–Crippen LogP) is 0.246. The molecule has 0 aliphatic carbocycles. The highest BCUT2D eigenvalue weighted by molar-refractivity contribution is 7.91. The molecule has 2 heterocycles. The average molecular weight is 287 g/mol. The molecule has 0 atom stereocenters. The number of rotatable bonds is 4. The van der Waals surface area contributed by atoms with E-state index in [0.717, 1.165) is 16.9 Å². The van der Waals surface area contributed by atoms with Crippen molar-refractivity contribution in [2.24, 2.45) is 7.05 Å². The van der Waals surface area contributed by atoms with E-state index < -0.39 is 10.0 Å². The van der Waals surface area contributed by atoms with Gasteiger partial charge in [0.05, 0.1) is 11.9 Å². The molecule has 0 aliphatic rings. The molecule has 2 aromatic heterocycles. The van der Waals surface area contributed by atoms with Crippen molar-refractivity contribution in [3.63, 3.8) is 0 Å². The lowest BCUT2D eigenvalue weighted by Crippen LogP contribution is -2.22. The lowest BCUT2D eigenvalue weighted by molar-refractivity contribution is 0.582. The summed E-state index contributed by atoms with van der Waals surface area (Å²) in [5, 5.41) is 4.21. The second-order valence-corrected chi connectivity index (χ2v) is 6.76. The molecule has 0 amide bonds. The smallest absolute Gasteiger partial charge is 0.252 e. The van der Waals surface area contributed by atoms with Crippen LogP contribution in [0.25, 0.3) is 0 Å². The van der Waals surface area contributed by atoms with Crippen LogP contribution < -0.4 is 10.5 Å². The molecule has 0 unspecified atom stereocenters. The van der Waals surface area contributed by atoms with Gasteiger partial charge in [0.25, 0.3) is 10.0 Å². The minimum Gasteiger partial charge on any atom is -0.375 e. The molecule has 0 saturated heterocycles. The largest absolute Gasteiger partial charge is 0.375 e. The molecule has 0 radical (unpaired) electrons. The van der Waals surface area contributed by atoms with Gasteiger partial charge in [0.1, 0.15) is 0 Å². The third-order valence-electron chi connectivity index (χ3n) is 2.24. The number of aromatic nitrogens is 3. The quantitative estimate of drug-likeness (QED) is 0.839. The van der Waals surface area contributed by atoms with Crippen molar-refractivity contribution in [1.29, 1.82) is 0 Å². The Morgan fingerprint density at radius 1 is 1.56 bits per heavy atom. The van der Waals surface area contributed by atoms with E-state index in [1.54, 1.807) is 31.0 Å². The number of nitrogens with zero attached hydrogens (tertiary/aromatic N) is 3. The van der Waals surface area contributed by atoms with Gasteiger partial charge in [-0.25, -0.2) is 18.1 Å². The predicted molar refractivity (Wildman–Crippen MR) is 68.5 cm³/mol. The molecule has 0 aliphatic heterocycles. The molecule has 98 valence electrons. The maximum Gasteiger partial charge on any atom is 0.252 e. The molecule has 7 nitrogen and oxygen atoms in total. The average Bonchev–Trinajstić information content (AvgIpc) is 2.82. The number of nitrogen functional groups attached to an aromatic ring is 1. The van der Waals surface area contributed by atoms with Crippen LogP contribution in [0, 0.1) is 6.92 Å². The fourth-order valence-corrected chi connectivity index (χ4v) is 3.82. The summed E-state index contributed by atoms with van der Waals surface area (Å²) in [4.78, 5) is 3.90. The van der Waals surface area contributed by atoms with Crippen LogP contribution in [0.4, 0.5) is 5.13 Å². The van der Waals surface area contributed by atoms with Crippen molar-refractivity contribution in [3.05, 3.63) is 23.7 Å². The fraction of sp³-hybridized carbons (Fsp3) is 0.333. The maximum atomic E-state index is 12.0. The van der Waals surface area contributed by atoms with Gasteiger partial charge in [-0.2, -0.15) is 5.10 Å². The SMILES string of the molecule is Cc1nc(N)sc1S(=O)(=O)NCc1cnn(C)c1. The van der Waals surface area contributed by atoms with Crippen LogP contribution in [0.1, 0.15) is 11.3 Å². The van der Waals surface area contributed by atoms with Crippen molar-refractivity contribution >= 4 is 26.5 Å². The number of anilines is 1. The van der Waals surface area contributed by atoms with E-state index in [0.29, 0.717) is 5.69 Å². The summed E-state index contributed by atoms with van der Waals surface area (Å²) < 4.78 is 28.3. The fourth-order valence-electron chi connectivity index (χ4n) is 1.46. The van der Waals surface area contributed by atoms with Crippen molar-refractivity contribution in [2.75, 3.05) is 5.73 Å². The Morgan fingerprint density at radius 3 is 2.78 bits per heavy atom. The first kappa shape index (κ1) is 13.0. The molecule has 0 bridgehead atoms. The molecule has 0 aromatic carbocycles. The highest BCUT2D eigenvalue weighted by Crippen LogP contribution is 2.24. The van der Waals surface area contributed by atoms with Crippen LogP contribution in [-0.4, -0.2) is 23.2 Å². The second kappa shape index (κ2) is 4.67. The lowest BCUT2D eigenvalue weighted by atomic mass is 10.4. The van der Waals surface area contributed by atoms with Gasteiger partial charge in [-0.1, -0.05) is 11.3 Å². The van der Waals surface area contributed by atoms with Gasteiger partial charge in [-0.05, 0) is 6.92 Å². The number of sulfonamides is 1. The van der Waals surface area contributed by atoms with E-state index in [1.165, 1.54) is 0 Å². The summed E-state index contributed by atoms with van der Waals surface area (Å²) in [7, 11) is -1.80. The zero-order valence-electron chi connectivity index (χ0n) is 9.91. The Balaban J connectivity index is 2.15. The van der Waals surface area contributed by atoms with Crippen molar-refractivity contribution in [1.82, 2.24) is 19.5 Å². The Bertz CT molecular complexity index is 658. The van der Waals surface area contributed by atoms with Crippen molar-refractivity contribution in [2.45, 2.75) is 17.7 Å². The molecule has 18 heavy (non-hydrogen) atoms. The molecular weight excluding hydrogens is 274 g/mol. The number of hydrogen-bond donors (Lipinski definition) is 2. The highest BCUT2D eigenvalue weighted by Gasteiger charge is 2.20. The van der Waals surface area contributed by atoms with Crippen LogP contribution in [0.2, 0.25) is 0 Å². The van der Waals surface area contributed by atoms with Crippen molar-refractivity contribution < 1.29 is 8.42 Å². The third kappa shape index (κ3) is 2.68. The number of nitrogens with two attached hydrogens (primary N) is 1. The number of hydrogen-bond acceptors (Lipinski definition) is 6. The summed E-state index contributed by atoms with van der Waals surface area (Å²) in [6, 6.07) is 0. The van der Waals surface area contributed by atoms with Gasteiger partial charge in [-0.15, -0.1) is 0 Å². The number of thiazole rings is 1. The molecule has 3 N–H and O–H groups in total. The van der Waals surface area contributed by atoms with Crippen LogP contribution in [0.5, 0.6) is 0 Å². The topological polar surface area (TPSA) is 103 Å². The molecule has 0 spiro atoms. The van der Waals surface area contributed by atoms with Crippen LogP contribution in [0.15, 0.2) is 16.6 Å². The Hall–Kier alpha value is -1.45. The molecular formula is C9H13N5O2S2. The van der Waals surface area contributed by atoms with Crippen LogP contribution >= 0.6 is 11.3 Å². The number of nitrogens with one attached hydrogen (secondary N) is 1. The van der Waals surface area contributed by atoms with E-state index in [2.05, 4.69) is 14.8 Å². The summed E-state index contributed by atoms with van der Waals surface area (Å²) >= 11 is 0.957. The zero-order chi connectivity index (χ0) is 13.3. The minimum atomic E-state index is -3.57. The van der Waals surface area contributed by atoms with Gasteiger partial charge in [-0.3, -0.25) is 4.68 Å². The molecule has 0 fully saturated rings. The van der Waals surface area contributed by atoms with Gasteiger partial charge in [0.15, 0.2) is 9.34 Å². The van der Waals surface area contributed by atoms with E-state index in [1.807, 2.05) is 0 Å². The first-order valence-electron chi connectivity index (χ1n) is 5.08. The van der Waals surface area contributed by atoms with Gasteiger partial charge in [0.2, 0.25) is 0 Å². The molecule has 0 saturated carbocycles. The summed E-state index contributed by atoms with van der Waals surface area (Å²) in [6.45, 7) is 1.80. The standard InChI is InChI=1S/C9H13N5O2S2/c1-6-8(17-9(10)13-6)18(15,16)12-4-7-3-11-14(2)5-7/h3,5,12H,4H2,1-2H3,(H2,10,13). The van der Waals surface area contributed by atoms with Gasteiger partial charge in [0, 0.05) is 25.4 Å². The summed E-state index contributed by atoms with van der Waals surface area (Å²) in [5.41, 5.74) is 6.69.